The highest BCUT2D eigenvalue weighted by Gasteiger charge is 2.06. The molecule has 4 heteroatoms. The highest BCUT2D eigenvalue weighted by molar-refractivity contribution is 9.10. The zero-order valence-corrected chi connectivity index (χ0v) is 12.8. The Balaban J connectivity index is 2.28. The van der Waals surface area contributed by atoms with Crippen LogP contribution in [0.5, 0.6) is 11.5 Å². The molecule has 0 fully saturated rings. The summed E-state index contributed by atoms with van der Waals surface area (Å²) in [4.78, 5) is 0. The molecule has 0 unspecified atom stereocenters. The number of halogens is 3. The van der Waals surface area contributed by atoms with Crippen molar-refractivity contribution in [1.82, 2.24) is 0 Å². The fourth-order valence-corrected chi connectivity index (χ4v) is 2.56. The van der Waals surface area contributed by atoms with E-state index in [1.165, 1.54) is 0 Å². The van der Waals surface area contributed by atoms with Gasteiger partial charge in [0.25, 0.3) is 0 Å². The number of aryl methyl sites for hydroxylation is 1. The first-order valence-electron chi connectivity index (χ1n) is 5.38. The van der Waals surface area contributed by atoms with Crippen LogP contribution >= 0.6 is 39.1 Å². The molecule has 0 radical (unpaired) electrons. The predicted molar refractivity (Wildman–Crippen MR) is 80.0 cm³/mol. The molecule has 2 aromatic carbocycles. The van der Waals surface area contributed by atoms with Gasteiger partial charge in [-0.2, -0.15) is 0 Å². The highest BCUT2D eigenvalue weighted by Crippen LogP contribution is 2.32. The Kier molecular flexibility index (Phi) is 4.55. The molecule has 1 nitrogen and oxygen atoms in total. The number of benzene rings is 2. The van der Waals surface area contributed by atoms with E-state index in [9.17, 15) is 0 Å². The highest BCUT2D eigenvalue weighted by atomic mass is 79.9. The van der Waals surface area contributed by atoms with Crippen molar-refractivity contribution in [2.24, 2.45) is 0 Å². The van der Waals surface area contributed by atoms with Crippen LogP contribution in [-0.2, 0) is 5.88 Å². The van der Waals surface area contributed by atoms with Gasteiger partial charge in [-0.25, -0.2) is 0 Å². The normalized spacial score (nSPS) is 10.4. The summed E-state index contributed by atoms with van der Waals surface area (Å²) in [6, 6.07) is 11.4. The molecule has 2 rings (SSSR count). The van der Waals surface area contributed by atoms with Crippen molar-refractivity contribution in [2.75, 3.05) is 0 Å². The number of hydrogen-bond acceptors (Lipinski definition) is 1. The fraction of sp³-hybridized carbons (Fsp3) is 0.143. The zero-order valence-electron chi connectivity index (χ0n) is 9.71. The molecule has 0 aliphatic carbocycles. The van der Waals surface area contributed by atoms with Gasteiger partial charge >= 0.3 is 0 Å². The molecule has 0 atom stereocenters. The van der Waals surface area contributed by atoms with Crippen LogP contribution in [0.1, 0.15) is 11.1 Å². The summed E-state index contributed by atoms with van der Waals surface area (Å²) in [5.74, 6) is 1.84. The summed E-state index contributed by atoms with van der Waals surface area (Å²) in [5, 5.41) is 0.596. The molecule has 0 saturated heterocycles. The average molecular weight is 346 g/mol. The first-order chi connectivity index (χ1) is 8.60. The van der Waals surface area contributed by atoms with E-state index in [1.54, 1.807) is 0 Å². The van der Waals surface area contributed by atoms with Gasteiger partial charge in [-0.3, -0.25) is 0 Å². The molecule has 0 saturated carbocycles. The Labute approximate surface area is 125 Å². The van der Waals surface area contributed by atoms with Crippen molar-refractivity contribution >= 4 is 39.1 Å². The second-order valence-electron chi connectivity index (χ2n) is 3.92. The van der Waals surface area contributed by atoms with Crippen molar-refractivity contribution in [2.45, 2.75) is 12.8 Å². The first kappa shape index (κ1) is 13.7. The van der Waals surface area contributed by atoms with Crippen molar-refractivity contribution < 1.29 is 4.74 Å². The summed E-state index contributed by atoms with van der Waals surface area (Å²) in [6.07, 6.45) is 0. The minimum Gasteiger partial charge on any atom is -0.456 e. The van der Waals surface area contributed by atoms with Crippen LogP contribution in [0.25, 0.3) is 0 Å². The van der Waals surface area contributed by atoms with Crippen LogP contribution in [0, 0.1) is 6.92 Å². The van der Waals surface area contributed by atoms with E-state index in [4.69, 9.17) is 27.9 Å². The lowest BCUT2D eigenvalue weighted by molar-refractivity contribution is 0.482. The molecule has 0 amide bonds. The van der Waals surface area contributed by atoms with E-state index in [-0.39, 0.29) is 0 Å². The Morgan fingerprint density at radius 2 is 1.94 bits per heavy atom. The largest absolute Gasteiger partial charge is 0.456 e. The minimum absolute atomic E-state index is 0.464. The molecule has 0 bridgehead atoms. The van der Waals surface area contributed by atoms with Crippen molar-refractivity contribution in [3.63, 3.8) is 0 Å². The standard InChI is InChI=1S/C14H11BrCl2O/c1-9-2-5-13(17)14(6-9)18-11-4-3-10(8-16)12(15)7-11/h2-7H,8H2,1H3. The van der Waals surface area contributed by atoms with Gasteiger partial charge in [-0.15, -0.1) is 11.6 Å². The molecule has 2 aromatic rings. The molecule has 0 aromatic heterocycles. The van der Waals surface area contributed by atoms with Gasteiger partial charge in [0, 0.05) is 10.4 Å². The molecule has 0 aliphatic heterocycles. The van der Waals surface area contributed by atoms with Gasteiger partial charge in [0.05, 0.1) is 5.02 Å². The predicted octanol–water partition coefficient (Wildman–Crippen LogP) is 5.94. The number of hydrogen-bond donors (Lipinski definition) is 0. The van der Waals surface area contributed by atoms with Crippen LogP contribution < -0.4 is 4.74 Å². The van der Waals surface area contributed by atoms with E-state index >= 15 is 0 Å². The van der Waals surface area contributed by atoms with Gasteiger partial charge < -0.3 is 4.74 Å². The molecule has 0 aliphatic rings. The Hall–Kier alpha value is -0.700. The summed E-state index contributed by atoms with van der Waals surface area (Å²) in [7, 11) is 0. The summed E-state index contributed by atoms with van der Waals surface area (Å²) < 4.78 is 6.69. The molecule has 18 heavy (non-hydrogen) atoms. The van der Waals surface area contributed by atoms with E-state index in [1.807, 2.05) is 43.3 Å². The number of rotatable bonds is 3. The maximum absolute atomic E-state index is 6.09. The molecular formula is C14H11BrCl2O. The lowest BCUT2D eigenvalue weighted by atomic mass is 10.2. The molecular weight excluding hydrogens is 335 g/mol. The van der Waals surface area contributed by atoms with Crippen LogP contribution in [0.4, 0.5) is 0 Å². The van der Waals surface area contributed by atoms with E-state index in [0.29, 0.717) is 16.7 Å². The van der Waals surface area contributed by atoms with Crippen molar-refractivity contribution in [3.05, 3.63) is 57.0 Å². The maximum atomic E-state index is 6.09. The summed E-state index contributed by atoms with van der Waals surface area (Å²) in [5.41, 5.74) is 2.13. The van der Waals surface area contributed by atoms with Gasteiger partial charge in [-0.1, -0.05) is 39.7 Å². The lowest BCUT2D eigenvalue weighted by Gasteiger charge is -2.10. The fourth-order valence-electron chi connectivity index (χ4n) is 1.52. The smallest absolute Gasteiger partial charge is 0.146 e. The topological polar surface area (TPSA) is 9.23 Å². The third-order valence-electron chi connectivity index (χ3n) is 2.48. The average Bonchev–Trinajstić information content (AvgIpc) is 2.34. The van der Waals surface area contributed by atoms with Gasteiger partial charge in [-0.05, 0) is 42.3 Å². The molecule has 94 valence electrons. The van der Waals surface area contributed by atoms with Crippen molar-refractivity contribution in [3.8, 4) is 11.5 Å². The maximum Gasteiger partial charge on any atom is 0.146 e. The van der Waals surface area contributed by atoms with Crippen LogP contribution in [-0.4, -0.2) is 0 Å². The summed E-state index contributed by atoms with van der Waals surface area (Å²) in [6.45, 7) is 2.00. The Morgan fingerprint density at radius 3 is 2.61 bits per heavy atom. The number of ether oxygens (including phenoxy) is 1. The first-order valence-corrected chi connectivity index (χ1v) is 7.09. The van der Waals surface area contributed by atoms with Crippen LogP contribution in [0.2, 0.25) is 5.02 Å². The molecule has 0 heterocycles. The minimum atomic E-state index is 0.464. The third kappa shape index (κ3) is 3.19. The Bertz CT molecular complexity index is 570. The third-order valence-corrected chi connectivity index (χ3v) is 3.82. The van der Waals surface area contributed by atoms with E-state index in [0.717, 1.165) is 21.3 Å². The Morgan fingerprint density at radius 1 is 1.17 bits per heavy atom. The van der Waals surface area contributed by atoms with Crippen LogP contribution in [0.15, 0.2) is 40.9 Å². The second-order valence-corrected chi connectivity index (χ2v) is 5.45. The van der Waals surface area contributed by atoms with Crippen molar-refractivity contribution in [1.29, 1.82) is 0 Å². The van der Waals surface area contributed by atoms with Crippen LogP contribution in [0.3, 0.4) is 0 Å². The number of alkyl halides is 1. The van der Waals surface area contributed by atoms with E-state index in [2.05, 4.69) is 15.9 Å². The van der Waals surface area contributed by atoms with Gasteiger partial charge in [0.2, 0.25) is 0 Å². The monoisotopic (exact) mass is 344 g/mol. The van der Waals surface area contributed by atoms with E-state index < -0.39 is 0 Å². The SMILES string of the molecule is Cc1ccc(Cl)c(Oc2ccc(CCl)c(Br)c2)c1. The van der Waals surface area contributed by atoms with Gasteiger partial charge in [0.15, 0.2) is 0 Å². The molecule has 0 N–H and O–H groups in total. The quantitative estimate of drug-likeness (QED) is 0.625. The zero-order chi connectivity index (χ0) is 13.1. The second kappa shape index (κ2) is 5.96. The van der Waals surface area contributed by atoms with Gasteiger partial charge in [0.1, 0.15) is 11.5 Å². The molecule has 0 spiro atoms. The summed E-state index contributed by atoms with van der Waals surface area (Å²) >= 11 is 15.3. The lowest BCUT2D eigenvalue weighted by Crippen LogP contribution is -1.88.